The van der Waals surface area contributed by atoms with E-state index < -0.39 is 0 Å². The number of nitrogens with two attached hydrogens (primary N) is 1. The SMILES string of the molecule is CCOc1ccccc1C(=O)N1CC(C)C(N)C1. The van der Waals surface area contributed by atoms with Crippen molar-refractivity contribution in [3.8, 4) is 5.75 Å². The van der Waals surface area contributed by atoms with Gasteiger partial charge in [0, 0.05) is 19.1 Å². The van der Waals surface area contributed by atoms with E-state index >= 15 is 0 Å². The molecule has 4 nitrogen and oxygen atoms in total. The summed E-state index contributed by atoms with van der Waals surface area (Å²) in [4.78, 5) is 14.2. The normalized spacial score (nSPS) is 23.2. The monoisotopic (exact) mass is 248 g/mol. The maximum atomic E-state index is 12.4. The molecule has 0 aliphatic carbocycles. The molecule has 4 heteroatoms. The fourth-order valence-electron chi connectivity index (χ4n) is 2.25. The van der Waals surface area contributed by atoms with Gasteiger partial charge in [0.2, 0.25) is 0 Å². The van der Waals surface area contributed by atoms with Gasteiger partial charge in [-0.15, -0.1) is 0 Å². The summed E-state index contributed by atoms with van der Waals surface area (Å²) in [5.41, 5.74) is 6.58. The topological polar surface area (TPSA) is 55.6 Å². The molecule has 1 aliphatic rings. The van der Waals surface area contributed by atoms with E-state index in [0.29, 0.717) is 30.4 Å². The van der Waals surface area contributed by atoms with E-state index in [2.05, 4.69) is 6.92 Å². The van der Waals surface area contributed by atoms with E-state index in [9.17, 15) is 4.79 Å². The lowest BCUT2D eigenvalue weighted by atomic mass is 10.1. The molecular weight excluding hydrogens is 228 g/mol. The number of nitrogens with zero attached hydrogens (tertiary/aromatic N) is 1. The second-order valence-corrected chi connectivity index (χ2v) is 4.78. The van der Waals surface area contributed by atoms with Gasteiger partial charge in [-0.2, -0.15) is 0 Å². The van der Waals surface area contributed by atoms with Crippen LogP contribution in [0.1, 0.15) is 24.2 Å². The van der Waals surface area contributed by atoms with Crippen LogP contribution in [-0.4, -0.2) is 36.5 Å². The third-order valence-corrected chi connectivity index (χ3v) is 3.37. The molecule has 1 aromatic rings. The fraction of sp³-hybridized carbons (Fsp3) is 0.500. The average molecular weight is 248 g/mol. The Morgan fingerprint density at radius 1 is 1.44 bits per heavy atom. The van der Waals surface area contributed by atoms with Crippen molar-refractivity contribution in [1.29, 1.82) is 0 Å². The third kappa shape index (κ3) is 2.48. The summed E-state index contributed by atoms with van der Waals surface area (Å²) in [5, 5.41) is 0. The Kier molecular flexibility index (Phi) is 3.87. The molecule has 0 aromatic heterocycles. The molecule has 0 radical (unpaired) electrons. The maximum Gasteiger partial charge on any atom is 0.257 e. The van der Waals surface area contributed by atoms with Crippen molar-refractivity contribution < 1.29 is 9.53 Å². The van der Waals surface area contributed by atoms with Crippen LogP contribution in [0.3, 0.4) is 0 Å². The minimum absolute atomic E-state index is 0.0128. The summed E-state index contributed by atoms with van der Waals surface area (Å²) in [6.45, 7) is 5.89. The second-order valence-electron chi connectivity index (χ2n) is 4.78. The summed E-state index contributed by atoms with van der Waals surface area (Å²) in [6.07, 6.45) is 0. The number of benzene rings is 1. The Morgan fingerprint density at radius 2 is 2.17 bits per heavy atom. The smallest absolute Gasteiger partial charge is 0.257 e. The zero-order chi connectivity index (χ0) is 13.1. The third-order valence-electron chi connectivity index (χ3n) is 3.37. The fourth-order valence-corrected chi connectivity index (χ4v) is 2.25. The van der Waals surface area contributed by atoms with Gasteiger partial charge in [-0.3, -0.25) is 4.79 Å². The minimum atomic E-state index is 0.0128. The van der Waals surface area contributed by atoms with E-state index in [1.54, 1.807) is 0 Å². The van der Waals surface area contributed by atoms with Crippen LogP contribution in [-0.2, 0) is 0 Å². The number of hydrogen-bond acceptors (Lipinski definition) is 3. The number of likely N-dealkylation sites (tertiary alicyclic amines) is 1. The van der Waals surface area contributed by atoms with Gasteiger partial charge >= 0.3 is 0 Å². The highest BCUT2D eigenvalue weighted by Crippen LogP contribution is 2.23. The van der Waals surface area contributed by atoms with Crippen LogP contribution >= 0.6 is 0 Å². The highest BCUT2D eigenvalue weighted by Gasteiger charge is 2.31. The average Bonchev–Trinajstić information content (AvgIpc) is 2.70. The van der Waals surface area contributed by atoms with Crippen molar-refractivity contribution in [2.24, 2.45) is 11.7 Å². The first-order valence-electron chi connectivity index (χ1n) is 6.40. The number of ether oxygens (including phenoxy) is 1. The van der Waals surface area contributed by atoms with Gasteiger partial charge < -0.3 is 15.4 Å². The molecule has 1 amide bonds. The van der Waals surface area contributed by atoms with Crippen molar-refractivity contribution in [3.05, 3.63) is 29.8 Å². The number of rotatable bonds is 3. The zero-order valence-electron chi connectivity index (χ0n) is 10.9. The highest BCUT2D eigenvalue weighted by atomic mass is 16.5. The quantitative estimate of drug-likeness (QED) is 0.882. The number of amides is 1. The minimum Gasteiger partial charge on any atom is -0.493 e. The van der Waals surface area contributed by atoms with Gasteiger partial charge in [0.1, 0.15) is 5.75 Å². The number of carbonyl (C=O) groups excluding carboxylic acids is 1. The zero-order valence-corrected chi connectivity index (χ0v) is 10.9. The molecule has 1 aromatic carbocycles. The molecule has 2 unspecified atom stereocenters. The summed E-state index contributed by atoms with van der Waals surface area (Å²) < 4.78 is 5.49. The van der Waals surface area contributed by atoms with Crippen LogP contribution in [0, 0.1) is 5.92 Å². The first-order chi connectivity index (χ1) is 8.63. The second kappa shape index (κ2) is 5.40. The number of carbonyl (C=O) groups is 1. The van der Waals surface area contributed by atoms with Crippen molar-refractivity contribution in [2.75, 3.05) is 19.7 Å². The largest absolute Gasteiger partial charge is 0.493 e. The molecule has 1 heterocycles. The molecular formula is C14H20N2O2. The Hall–Kier alpha value is -1.55. The Labute approximate surface area is 108 Å². The lowest BCUT2D eigenvalue weighted by Crippen LogP contribution is -2.32. The first-order valence-corrected chi connectivity index (χ1v) is 6.40. The lowest BCUT2D eigenvalue weighted by molar-refractivity contribution is 0.0782. The molecule has 2 N–H and O–H groups in total. The molecule has 0 spiro atoms. The van der Waals surface area contributed by atoms with Crippen molar-refractivity contribution in [2.45, 2.75) is 19.9 Å². The van der Waals surface area contributed by atoms with E-state index in [-0.39, 0.29) is 11.9 Å². The molecule has 1 aliphatic heterocycles. The molecule has 2 atom stereocenters. The lowest BCUT2D eigenvalue weighted by Gasteiger charge is -2.18. The summed E-state index contributed by atoms with van der Waals surface area (Å²) in [5.74, 6) is 1.02. The molecule has 2 rings (SSSR count). The van der Waals surface area contributed by atoms with Crippen molar-refractivity contribution in [3.63, 3.8) is 0 Å². The van der Waals surface area contributed by atoms with Crippen LogP contribution in [0.4, 0.5) is 0 Å². The molecule has 18 heavy (non-hydrogen) atoms. The Balaban J connectivity index is 2.19. The van der Waals surface area contributed by atoms with E-state index in [1.165, 1.54) is 0 Å². The van der Waals surface area contributed by atoms with Gasteiger partial charge in [-0.25, -0.2) is 0 Å². The standard InChI is InChI=1S/C14H20N2O2/c1-3-18-13-7-5-4-6-11(13)14(17)16-8-10(2)12(15)9-16/h4-7,10,12H,3,8-9,15H2,1-2H3. The van der Waals surface area contributed by atoms with Gasteiger partial charge in [-0.1, -0.05) is 19.1 Å². The van der Waals surface area contributed by atoms with Gasteiger partial charge in [0.25, 0.3) is 5.91 Å². The Bertz CT molecular complexity index is 424. The van der Waals surface area contributed by atoms with Crippen LogP contribution in [0.25, 0.3) is 0 Å². The van der Waals surface area contributed by atoms with Gasteiger partial charge in [0.15, 0.2) is 0 Å². The predicted molar refractivity (Wildman–Crippen MR) is 70.7 cm³/mol. The summed E-state index contributed by atoms with van der Waals surface area (Å²) in [7, 11) is 0. The van der Waals surface area contributed by atoms with Crippen LogP contribution in [0.2, 0.25) is 0 Å². The maximum absolute atomic E-state index is 12.4. The predicted octanol–water partition coefficient (Wildman–Crippen LogP) is 1.50. The number of hydrogen-bond donors (Lipinski definition) is 1. The van der Waals surface area contributed by atoms with Crippen LogP contribution in [0.15, 0.2) is 24.3 Å². The van der Waals surface area contributed by atoms with Crippen LogP contribution in [0.5, 0.6) is 5.75 Å². The van der Waals surface area contributed by atoms with E-state index in [0.717, 1.165) is 6.54 Å². The van der Waals surface area contributed by atoms with E-state index in [1.807, 2.05) is 36.1 Å². The van der Waals surface area contributed by atoms with E-state index in [4.69, 9.17) is 10.5 Å². The van der Waals surface area contributed by atoms with Crippen molar-refractivity contribution >= 4 is 5.91 Å². The molecule has 0 bridgehead atoms. The Morgan fingerprint density at radius 3 is 2.78 bits per heavy atom. The number of para-hydroxylation sites is 1. The first kappa shape index (κ1) is 12.9. The molecule has 1 saturated heterocycles. The van der Waals surface area contributed by atoms with Crippen LogP contribution < -0.4 is 10.5 Å². The summed E-state index contributed by atoms with van der Waals surface area (Å²) >= 11 is 0. The van der Waals surface area contributed by atoms with Gasteiger partial charge in [-0.05, 0) is 25.0 Å². The van der Waals surface area contributed by atoms with Gasteiger partial charge in [0.05, 0.1) is 12.2 Å². The van der Waals surface area contributed by atoms with Crippen molar-refractivity contribution in [1.82, 2.24) is 4.90 Å². The molecule has 98 valence electrons. The summed E-state index contributed by atoms with van der Waals surface area (Å²) in [6, 6.07) is 7.45. The molecule has 1 fully saturated rings. The highest BCUT2D eigenvalue weighted by molar-refractivity contribution is 5.97. The molecule has 0 saturated carbocycles.